The molecular weight excluding hydrogens is 425 g/mol. The second kappa shape index (κ2) is 8.70. The van der Waals surface area contributed by atoms with Crippen molar-refractivity contribution in [1.82, 2.24) is 14.9 Å². The number of anilines is 1. The molecule has 32 heavy (non-hydrogen) atoms. The van der Waals surface area contributed by atoms with Crippen LogP contribution in [0.3, 0.4) is 0 Å². The molecule has 1 aliphatic carbocycles. The molecule has 0 bridgehead atoms. The van der Waals surface area contributed by atoms with Crippen LogP contribution in [0.1, 0.15) is 24.2 Å². The van der Waals surface area contributed by atoms with Crippen LogP contribution in [0.2, 0.25) is 0 Å². The third-order valence-corrected chi connectivity index (χ3v) is 5.31. The normalized spacial score (nSPS) is 14.1. The number of carbonyl (C=O) groups excluding carboxylic acids is 1. The third-order valence-electron chi connectivity index (χ3n) is 5.31. The van der Waals surface area contributed by atoms with Crippen LogP contribution < -0.4 is 14.8 Å². The lowest BCUT2D eigenvalue weighted by molar-refractivity contribution is -0.144. The quantitative estimate of drug-likeness (QED) is 0.540. The summed E-state index contributed by atoms with van der Waals surface area (Å²) in [4.78, 5) is 20.6. The van der Waals surface area contributed by atoms with Crippen molar-refractivity contribution in [1.29, 1.82) is 0 Å². The molecule has 3 aromatic rings. The van der Waals surface area contributed by atoms with Gasteiger partial charge in [0.2, 0.25) is 11.7 Å². The zero-order chi connectivity index (χ0) is 22.9. The fraction of sp³-hybridized carbons (Fsp3) is 0.364. The van der Waals surface area contributed by atoms with E-state index in [2.05, 4.69) is 20.2 Å². The summed E-state index contributed by atoms with van der Waals surface area (Å²) in [6, 6.07) is 10.2. The maximum absolute atomic E-state index is 12.9. The highest BCUT2D eigenvalue weighted by Crippen LogP contribution is 2.32. The van der Waals surface area contributed by atoms with Gasteiger partial charge >= 0.3 is 6.18 Å². The number of amides is 1. The van der Waals surface area contributed by atoms with Gasteiger partial charge in [0.15, 0.2) is 0 Å². The van der Waals surface area contributed by atoms with Gasteiger partial charge in [-0.2, -0.15) is 13.2 Å². The Hall–Kier alpha value is -3.27. The molecule has 1 aliphatic rings. The van der Waals surface area contributed by atoms with Gasteiger partial charge in [-0.05, 0) is 49.2 Å². The summed E-state index contributed by atoms with van der Waals surface area (Å²) in [6.45, 7) is 0.646. The van der Waals surface area contributed by atoms with Gasteiger partial charge in [-0.15, -0.1) is 0 Å². The molecule has 0 atom stereocenters. The van der Waals surface area contributed by atoms with Crippen molar-refractivity contribution in [3.63, 3.8) is 0 Å². The fourth-order valence-corrected chi connectivity index (χ4v) is 3.58. The Morgan fingerprint density at radius 3 is 2.62 bits per heavy atom. The van der Waals surface area contributed by atoms with Crippen molar-refractivity contribution in [2.24, 2.45) is 0 Å². The van der Waals surface area contributed by atoms with Gasteiger partial charge in [0, 0.05) is 23.8 Å². The number of carbonyl (C=O) groups is 1. The molecule has 0 radical (unpaired) electrons. The zero-order valence-electron chi connectivity index (χ0n) is 17.6. The molecule has 0 saturated heterocycles. The molecule has 10 heteroatoms. The van der Waals surface area contributed by atoms with Gasteiger partial charge in [-0.3, -0.25) is 9.69 Å². The average Bonchev–Trinajstić information content (AvgIpc) is 3.50. The van der Waals surface area contributed by atoms with Crippen LogP contribution in [-0.2, 0) is 17.5 Å². The first-order valence-electron chi connectivity index (χ1n) is 10.1. The summed E-state index contributed by atoms with van der Waals surface area (Å²) in [5.41, 5.74) is 1.69. The van der Waals surface area contributed by atoms with Crippen LogP contribution in [0.15, 0.2) is 36.4 Å². The van der Waals surface area contributed by atoms with Crippen molar-refractivity contribution in [2.45, 2.75) is 31.6 Å². The van der Waals surface area contributed by atoms with E-state index in [9.17, 15) is 18.0 Å². The molecule has 0 aliphatic heterocycles. The summed E-state index contributed by atoms with van der Waals surface area (Å²) in [7, 11) is 3.18. The lowest BCUT2D eigenvalue weighted by atomic mass is 10.1. The predicted molar refractivity (Wildman–Crippen MR) is 113 cm³/mol. The van der Waals surface area contributed by atoms with E-state index in [1.54, 1.807) is 14.2 Å². The standard InChI is InChI=1S/C22H23F3N4O3/c1-31-16-6-8-19(32-2)13(9-16)11-29(15-4-5-15)12-20(30)26-14-3-7-17-18(10-14)28-21(27-17)22(23,24)25/h3,6-10,15H,4-5,11-12H2,1-2H3,(H,26,30)(H,27,28). The number of ether oxygens (including phenoxy) is 2. The number of hydrogen-bond acceptors (Lipinski definition) is 5. The molecule has 4 rings (SSSR count). The van der Waals surface area contributed by atoms with Gasteiger partial charge in [0.05, 0.1) is 31.8 Å². The van der Waals surface area contributed by atoms with Crippen LogP contribution in [0.4, 0.5) is 18.9 Å². The number of benzene rings is 2. The molecule has 2 N–H and O–H groups in total. The van der Waals surface area contributed by atoms with E-state index in [4.69, 9.17) is 9.47 Å². The van der Waals surface area contributed by atoms with Crippen molar-refractivity contribution in [2.75, 3.05) is 26.1 Å². The number of nitrogens with one attached hydrogen (secondary N) is 2. The van der Waals surface area contributed by atoms with Crippen LogP contribution in [0, 0.1) is 0 Å². The highest BCUT2D eigenvalue weighted by molar-refractivity contribution is 5.94. The lowest BCUT2D eigenvalue weighted by Crippen LogP contribution is -2.34. The van der Waals surface area contributed by atoms with Gasteiger partial charge in [0.25, 0.3) is 0 Å². The maximum atomic E-state index is 12.9. The number of rotatable bonds is 8. The molecule has 7 nitrogen and oxygen atoms in total. The highest BCUT2D eigenvalue weighted by atomic mass is 19.4. The van der Waals surface area contributed by atoms with E-state index in [1.807, 2.05) is 18.2 Å². The second-order valence-corrected chi connectivity index (χ2v) is 7.68. The SMILES string of the molecule is COc1ccc(OC)c(CN(CC(=O)Nc2ccc3nc(C(F)(F)F)[nH]c3c2)C2CC2)c1. The van der Waals surface area contributed by atoms with Crippen LogP contribution >= 0.6 is 0 Å². The lowest BCUT2D eigenvalue weighted by Gasteiger charge is -2.23. The number of alkyl halides is 3. The number of imidazole rings is 1. The number of hydrogen-bond donors (Lipinski definition) is 2. The topological polar surface area (TPSA) is 79.5 Å². The zero-order valence-corrected chi connectivity index (χ0v) is 17.6. The summed E-state index contributed by atoms with van der Waals surface area (Å²) < 4.78 is 49.3. The van der Waals surface area contributed by atoms with E-state index in [1.165, 1.54) is 18.2 Å². The van der Waals surface area contributed by atoms with Gasteiger partial charge in [0.1, 0.15) is 11.5 Å². The molecule has 0 spiro atoms. The number of halogens is 3. The largest absolute Gasteiger partial charge is 0.497 e. The summed E-state index contributed by atoms with van der Waals surface area (Å²) >= 11 is 0. The van der Waals surface area contributed by atoms with Crippen LogP contribution in [-0.4, -0.2) is 47.6 Å². The van der Waals surface area contributed by atoms with Crippen molar-refractivity contribution >= 4 is 22.6 Å². The monoisotopic (exact) mass is 448 g/mol. The van der Waals surface area contributed by atoms with Crippen LogP contribution in [0.25, 0.3) is 11.0 Å². The van der Waals surface area contributed by atoms with Gasteiger partial charge in [-0.25, -0.2) is 4.98 Å². The summed E-state index contributed by atoms with van der Waals surface area (Å²) in [6.07, 6.45) is -2.56. The van der Waals surface area contributed by atoms with Crippen molar-refractivity contribution in [3.8, 4) is 11.5 Å². The average molecular weight is 448 g/mol. The smallest absolute Gasteiger partial charge is 0.449 e. The molecule has 1 amide bonds. The molecule has 2 aromatic carbocycles. The van der Waals surface area contributed by atoms with Gasteiger partial charge in [-0.1, -0.05) is 0 Å². The second-order valence-electron chi connectivity index (χ2n) is 7.68. The molecule has 1 aromatic heterocycles. The molecule has 1 saturated carbocycles. The van der Waals surface area contributed by atoms with E-state index in [-0.39, 0.29) is 23.5 Å². The number of methoxy groups -OCH3 is 2. The van der Waals surface area contributed by atoms with E-state index in [0.29, 0.717) is 29.8 Å². The Bertz CT molecular complexity index is 1130. The number of aromatic amines is 1. The first kappa shape index (κ1) is 21.9. The molecule has 0 unspecified atom stereocenters. The third kappa shape index (κ3) is 4.96. The Labute approximate surface area is 182 Å². The number of nitrogens with zero attached hydrogens (tertiary/aromatic N) is 2. The van der Waals surface area contributed by atoms with Gasteiger partial charge < -0.3 is 19.8 Å². The fourth-order valence-electron chi connectivity index (χ4n) is 3.58. The Kier molecular flexibility index (Phi) is 5.96. The molecule has 1 fully saturated rings. The minimum absolute atomic E-state index is 0.139. The van der Waals surface area contributed by atoms with E-state index < -0.39 is 12.0 Å². The molecular formula is C22H23F3N4O3. The Morgan fingerprint density at radius 2 is 1.97 bits per heavy atom. The number of aromatic nitrogens is 2. The Balaban J connectivity index is 1.46. The van der Waals surface area contributed by atoms with Crippen molar-refractivity contribution < 1.29 is 27.4 Å². The minimum atomic E-state index is -4.56. The highest BCUT2D eigenvalue weighted by Gasteiger charge is 2.35. The summed E-state index contributed by atoms with van der Waals surface area (Å²) in [5.74, 6) is 0.0888. The van der Waals surface area contributed by atoms with Crippen LogP contribution in [0.5, 0.6) is 11.5 Å². The Morgan fingerprint density at radius 1 is 1.19 bits per heavy atom. The molecule has 170 valence electrons. The molecule has 1 heterocycles. The van der Waals surface area contributed by atoms with E-state index >= 15 is 0 Å². The minimum Gasteiger partial charge on any atom is -0.497 e. The van der Waals surface area contributed by atoms with E-state index in [0.717, 1.165) is 18.4 Å². The predicted octanol–water partition coefficient (Wildman–Crippen LogP) is 4.20. The number of H-pyrrole nitrogens is 1. The number of fused-ring (bicyclic) bond motifs is 1. The summed E-state index contributed by atoms with van der Waals surface area (Å²) in [5, 5.41) is 2.77. The maximum Gasteiger partial charge on any atom is 0.449 e. The van der Waals surface area contributed by atoms with Crippen molar-refractivity contribution in [3.05, 3.63) is 47.8 Å². The first-order chi connectivity index (χ1) is 15.3. The first-order valence-corrected chi connectivity index (χ1v) is 10.1.